The number of hydrogen-bond acceptors (Lipinski definition) is 7. The van der Waals surface area contributed by atoms with Gasteiger partial charge in [0.05, 0.1) is 44.7 Å². The van der Waals surface area contributed by atoms with Crippen molar-refractivity contribution in [3.05, 3.63) is 48.3 Å². The van der Waals surface area contributed by atoms with Crippen LogP contribution in [0.25, 0.3) is 0 Å². The van der Waals surface area contributed by atoms with E-state index >= 15 is 0 Å². The van der Waals surface area contributed by atoms with Crippen LogP contribution in [0.3, 0.4) is 0 Å². The van der Waals surface area contributed by atoms with Crippen LogP contribution in [0.15, 0.2) is 45.8 Å². The van der Waals surface area contributed by atoms with E-state index in [0.717, 1.165) is 11.2 Å². The molecule has 1 atom stereocenters. The number of nitrogens with one attached hydrogen (secondary N) is 1. The lowest BCUT2D eigenvalue weighted by Gasteiger charge is -2.26. The van der Waals surface area contributed by atoms with Gasteiger partial charge in [0.2, 0.25) is 10.0 Å². The molecular weight excluding hydrogens is 366 g/mol. The normalized spacial score (nSPS) is 17.4. The summed E-state index contributed by atoms with van der Waals surface area (Å²) in [4.78, 5) is 25.2. The molecule has 10 nitrogen and oxygen atoms in total. The number of aliphatic hydroxyl groups is 1. The van der Waals surface area contributed by atoms with E-state index in [-0.39, 0.29) is 25.4 Å². The third kappa shape index (κ3) is 3.18. The predicted octanol–water partition coefficient (Wildman–Crippen LogP) is 0.515. The maximum atomic E-state index is 12.3. The largest absolute Gasteiger partial charge is 0.472 e. The first kappa shape index (κ1) is 18.0. The first-order chi connectivity index (χ1) is 12.2. The summed E-state index contributed by atoms with van der Waals surface area (Å²) in [6.45, 7) is -0.514. The van der Waals surface area contributed by atoms with E-state index in [9.17, 15) is 23.1 Å². The molecule has 2 aromatic rings. The van der Waals surface area contributed by atoms with Crippen molar-refractivity contribution < 1.29 is 31.9 Å². The molecule has 1 fully saturated rings. The lowest BCUT2D eigenvalue weighted by atomic mass is 9.93. The number of hydrogen-bond donors (Lipinski definition) is 2. The molecule has 1 aliphatic heterocycles. The SMILES string of the molecule is CS(=O)(=O)N1CCN(C(=O)NC[C@](O)(c2ccoc2)c2ccco2)C1=O. The number of nitrogens with zero attached hydrogens (tertiary/aromatic N) is 2. The molecule has 0 unspecified atom stereocenters. The Morgan fingerprint density at radius 2 is 2.12 bits per heavy atom. The summed E-state index contributed by atoms with van der Waals surface area (Å²) >= 11 is 0. The predicted molar refractivity (Wildman–Crippen MR) is 87.5 cm³/mol. The first-order valence-corrected chi connectivity index (χ1v) is 9.44. The molecule has 4 amide bonds. The minimum absolute atomic E-state index is 0.0807. The van der Waals surface area contributed by atoms with Gasteiger partial charge in [-0.2, -0.15) is 0 Å². The summed E-state index contributed by atoms with van der Waals surface area (Å²) in [7, 11) is -3.75. The highest BCUT2D eigenvalue weighted by molar-refractivity contribution is 7.88. The second-order valence-electron chi connectivity index (χ2n) is 5.78. The molecule has 0 aromatic carbocycles. The van der Waals surface area contributed by atoms with E-state index in [1.54, 1.807) is 6.07 Å². The van der Waals surface area contributed by atoms with Crippen LogP contribution in [0.5, 0.6) is 0 Å². The minimum Gasteiger partial charge on any atom is -0.472 e. The number of furan rings is 2. The highest BCUT2D eigenvalue weighted by Gasteiger charge is 2.40. The lowest BCUT2D eigenvalue weighted by Crippen LogP contribution is -2.48. The van der Waals surface area contributed by atoms with E-state index in [2.05, 4.69) is 5.32 Å². The Labute approximate surface area is 149 Å². The molecule has 2 aromatic heterocycles. The average Bonchev–Trinajstić information content (AvgIpc) is 3.31. The molecule has 0 bridgehead atoms. The quantitative estimate of drug-likeness (QED) is 0.769. The Kier molecular flexibility index (Phi) is 4.50. The molecule has 11 heteroatoms. The zero-order valence-corrected chi connectivity index (χ0v) is 14.6. The lowest BCUT2D eigenvalue weighted by molar-refractivity contribution is 0.0571. The second-order valence-corrected chi connectivity index (χ2v) is 7.68. The number of amides is 4. The molecule has 0 radical (unpaired) electrons. The van der Waals surface area contributed by atoms with Crippen LogP contribution < -0.4 is 5.32 Å². The van der Waals surface area contributed by atoms with E-state index in [1.807, 2.05) is 0 Å². The molecule has 0 spiro atoms. The fraction of sp³-hybridized carbons (Fsp3) is 0.333. The van der Waals surface area contributed by atoms with Crippen molar-refractivity contribution in [1.29, 1.82) is 0 Å². The van der Waals surface area contributed by atoms with Gasteiger partial charge in [0, 0.05) is 5.56 Å². The zero-order chi connectivity index (χ0) is 18.9. The zero-order valence-electron chi connectivity index (χ0n) is 13.8. The van der Waals surface area contributed by atoms with Gasteiger partial charge in [-0.15, -0.1) is 0 Å². The Bertz CT molecular complexity index is 856. The molecule has 2 N–H and O–H groups in total. The van der Waals surface area contributed by atoms with Crippen molar-refractivity contribution in [1.82, 2.24) is 14.5 Å². The van der Waals surface area contributed by atoms with Gasteiger partial charge in [0.1, 0.15) is 5.76 Å². The van der Waals surface area contributed by atoms with Crippen molar-refractivity contribution >= 4 is 22.1 Å². The Morgan fingerprint density at radius 1 is 1.35 bits per heavy atom. The van der Waals surface area contributed by atoms with Crippen LogP contribution >= 0.6 is 0 Å². The second kappa shape index (κ2) is 6.50. The van der Waals surface area contributed by atoms with Crippen LogP contribution in [0.1, 0.15) is 11.3 Å². The van der Waals surface area contributed by atoms with E-state index in [4.69, 9.17) is 8.83 Å². The number of imide groups is 1. The summed E-state index contributed by atoms with van der Waals surface area (Å²) in [5, 5.41) is 13.4. The number of urea groups is 2. The smallest absolute Gasteiger partial charge is 0.341 e. The highest BCUT2D eigenvalue weighted by atomic mass is 32.2. The van der Waals surface area contributed by atoms with E-state index < -0.39 is 27.7 Å². The third-order valence-electron chi connectivity index (χ3n) is 4.04. The highest BCUT2D eigenvalue weighted by Crippen LogP contribution is 2.30. The summed E-state index contributed by atoms with van der Waals surface area (Å²) in [6.07, 6.45) is 4.93. The molecule has 3 heterocycles. The molecule has 140 valence electrons. The Balaban J connectivity index is 1.75. The van der Waals surface area contributed by atoms with Crippen LogP contribution in [0, 0.1) is 0 Å². The maximum Gasteiger partial charge on any atom is 0.341 e. The van der Waals surface area contributed by atoms with Crippen molar-refractivity contribution in [2.45, 2.75) is 5.60 Å². The van der Waals surface area contributed by atoms with Crippen LogP contribution in [-0.4, -0.2) is 60.7 Å². The van der Waals surface area contributed by atoms with Gasteiger partial charge >= 0.3 is 12.1 Å². The molecule has 0 saturated carbocycles. The van der Waals surface area contributed by atoms with Crippen LogP contribution in [-0.2, 0) is 15.6 Å². The standard InChI is InChI=1S/C15H17N3O7S/c1-26(22,23)18-6-5-17(14(18)20)13(19)16-10-15(21,11-4-8-24-9-11)12-3-2-7-25-12/h2-4,7-9,21H,5-6,10H2,1H3,(H,16,19)/t15-/m0/s1. The minimum atomic E-state index is -3.75. The topological polar surface area (TPSA) is 133 Å². The van der Waals surface area contributed by atoms with E-state index in [0.29, 0.717) is 9.87 Å². The number of rotatable bonds is 5. The van der Waals surface area contributed by atoms with Crippen LogP contribution in [0.2, 0.25) is 0 Å². The fourth-order valence-corrected chi connectivity index (χ4v) is 3.45. The van der Waals surface area contributed by atoms with Gasteiger partial charge in [-0.1, -0.05) is 0 Å². The molecular formula is C15H17N3O7S. The van der Waals surface area contributed by atoms with Gasteiger partial charge < -0.3 is 19.3 Å². The van der Waals surface area contributed by atoms with Crippen molar-refractivity contribution in [3.63, 3.8) is 0 Å². The number of sulfonamides is 1. The summed E-state index contributed by atoms with van der Waals surface area (Å²) in [5.41, 5.74) is -1.37. The van der Waals surface area contributed by atoms with Crippen LogP contribution in [0.4, 0.5) is 9.59 Å². The third-order valence-corrected chi connectivity index (χ3v) is 5.18. The molecule has 0 aliphatic carbocycles. The number of carbonyl (C=O) groups is 2. The molecule has 3 rings (SSSR count). The summed E-state index contributed by atoms with van der Waals surface area (Å²) in [5.74, 6) is 0.171. The van der Waals surface area contributed by atoms with Crippen molar-refractivity contribution in [2.24, 2.45) is 0 Å². The van der Waals surface area contributed by atoms with Crippen molar-refractivity contribution in [2.75, 3.05) is 25.9 Å². The Morgan fingerprint density at radius 3 is 2.65 bits per heavy atom. The summed E-state index contributed by atoms with van der Waals surface area (Å²) < 4.78 is 33.9. The number of carbonyl (C=O) groups excluding carboxylic acids is 2. The van der Waals surface area contributed by atoms with Gasteiger partial charge in [-0.3, -0.25) is 0 Å². The van der Waals surface area contributed by atoms with Gasteiger partial charge in [-0.25, -0.2) is 27.2 Å². The monoisotopic (exact) mass is 383 g/mol. The van der Waals surface area contributed by atoms with Gasteiger partial charge in [0.15, 0.2) is 5.60 Å². The fourth-order valence-electron chi connectivity index (χ4n) is 2.66. The van der Waals surface area contributed by atoms with Gasteiger partial charge in [0.25, 0.3) is 0 Å². The van der Waals surface area contributed by atoms with Gasteiger partial charge in [-0.05, 0) is 18.2 Å². The summed E-state index contributed by atoms with van der Waals surface area (Å²) in [6, 6.07) is 2.87. The first-order valence-electron chi connectivity index (χ1n) is 7.59. The van der Waals surface area contributed by atoms with E-state index in [1.165, 1.54) is 30.9 Å². The Hall–Kier alpha value is -2.79. The molecule has 1 saturated heterocycles. The van der Waals surface area contributed by atoms with Crippen molar-refractivity contribution in [3.8, 4) is 0 Å². The maximum absolute atomic E-state index is 12.3. The molecule has 1 aliphatic rings. The molecule has 26 heavy (non-hydrogen) atoms. The average molecular weight is 383 g/mol.